The van der Waals surface area contributed by atoms with Gasteiger partial charge in [-0.3, -0.25) is 4.98 Å². The normalized spacial score (nSPS) is 30.6. The van der Waals surface area contributed by atoms with E-state index in [2.05, 4.69) is 27.8 Å². The molecule has 1 aliphatic heterocycles. The number of ether oxygens (including phenoxy) is 1. The zero-order valence-electron chi connectivity index (χ0n) is 17.4. The van der Waals surface area contributed by atoms with E-state index in [0.29, 0.717) is 16.5 Å². The molecule has 2 N–H and O–H groups in total. The van der Waals surface area contributed by atoms with Crippen LogP contribution in [-0.4, -0.2) is 32.3 Å². The summed E-state index contributed by atoms with van der Waals surface area (Å²) in [6.45, 7) is 2.11. The summed E-state index contributed by atoms with van der Waals surface area (Å²) < 4.78 is 7.61. The first-order valence-corrected chi connectivity index (χ1v) is 12.8. The first-order chi connectivity index (χ1) is 15.4. The summed E-state index contributed by atoms with van der Waals surface area (Å²) in [5.41, 5.74) is -0.896. The Morgan fingerprint density at radius 1 is 1.16 bits per heavy atom. The quantitative estimate of drug-likeness (QED) is 0.445. The molecule has 32 heavy (non-hydrogen) atoms. The Hall–Kier alpha value is -1.57. The third-order valence-electron chi connectivity index (χ3n) is 6.47. The molecule has 0 radical (unpaired) electrons. The summed E-state index contributed by atoms with van der Waals surface area (Å²) in [5, 5.41) is 24.3. The van der Waals surface area contributed by atoms with E-state index in [4.69, 9.17) is 16.3 Å². The van der Waals surface area contributed by atoms with Gasteiger partial charge in [0.1, 0.15) is 17.5 Å². The van der Waals surface area contributed by atoms with Crippen LogP contribution in [0.25, 0.3) is 0 Å². The molecule has 1 aromatic heterocycles. The predicted molar refractivity (Wildman–Crippen MR) is 131 cm³/mol. The minimum atomic E-state index is -1.74. The molecule has 5 atom stereocenters. The van der Waals surface area contributed by atoms with Gasteiger partial charge < -0.3 is 14.9 Å². The highest BCUT2D eigenvalue weighted by Crippen LogP contribution is 2.68. The van der Waals surface area contributed by atoms with Gasteiger partial charge in [-0.15, -0.1) is 0 Å². The van der Waals surface area contributed by atoms with E-state index in [1.165, 1.54) is 6.20 Å². The lowest BCUT2D eigenvalue weighted by molar-refractivity contribution is -0.150. The van der Waals surface area contributed by atoms with Crippen molar-refractivity contribution in [2.75, 3.05) is 5.75 Å². The van der Waals surface area contributed by atoms with Gasteiger partial charge >= 0.3 is 0 Å². The van der Waals surface area contributed by atoms with E-state index in [1.54, 1.807) is 17.8 Å². The highest BCUT2D eigenvalue weighted by molar-refractivity contribution is 9.10. The van der Waals surface area contributed by atoms with Crippen LogP contribution in [-0.2, 0) is 11.2 Å². The number of fused-ring (bicyclic) bond motifs is 3. The van der Waals surface area contributed by atoms with Crippen LogP contribution in [0, 0.1) is 0 Å². The topological polar surface area (TPSA) is 62.6 Å². The Bertz CT molecular complexity index is 1130. The van der Waals surface area contributed by atoms with Crippen molar-refractivity contribution in [1.82, 2.24) is 4.98 Å². The number of benzene rings is 2. The highest BCUT2D eigenvalue weighted by atomic mass is 79.9. The molecule has 7 heteroatoms. The number of nitrogens with zero attached hydrogens (tertiary/aromatic N) is 1. The largest absolute Gasteiger partial charge is 0.476 e. The minimum absolute atomic E-state index is 0.295. The maximum absolute atomic E-state index is 12.4. The average Bonchev–Trinajstić information content (AvgIpc) is 3.16. The Balaban J connectivity index is 1.81. The Morgan fingerprint density at radius 3 is 2.56 bits per heavy atom. The fourth-order valence-corrected chi connectivity index (χ4v) is 7.05. The second-order valence-electron chi connectivity index (χ2n) is 8.28. The molecule has 2 heterocycles. The molecule has 2 aromatic carbocycles. The van der Waals surface area contributed by atoms with Crippen molar-refractivity contribution in [3.8, 4) is 5.75 Å². The number of hydrogen-bond donors (Lipinski definition) is 2. The van der Waals surface area contributed by atoms with Gasteiger partial charge in [0.05, 0.1) is 5.02 Å². The molecule has 5 rings (SSSR count). The number of hydrogen-bond acceptors (Lipinski definition) is 5. The van der Waals surface area contributed by atoms with Crippen LogP contribution in [0.2, 0.25) is 5.02 Å². The number of pyridine rings is 1. The summed E-state index contributed by atoms with van der Waals surface area (Å²) in [6.07, 6.45) is 1.36. The molecule has 0 saturated heterocycles. The van der Waals surface area contributed by atoms with Crippen molar-refractivity contribution in [2.24, 2.45) is 0 Å². The summed E-state index contributed by atoms with van der Waals surface area (Å²) in [4.78, 5) is 4.47. The lowest BCUT2D eigenvalue weighted by Gasteiger charge is -2.40. The maximum Gasteiger partial charge on any atom is 0.182 e. The minimum Gasteiger partial charge on any atom is -0.476 e. The van der Waals surface area contributed by atoms with Gasteiger partial charge in [-0.05, 0) is 35.4 Å². The van der Waals surface area contributed by atoms with Crippen LogP contribution in [0.15, 0.2) is 71.3 Å². The third kappa shape index (κ3) is 3.07. The fourth-order valence-electron chi connectivity index (χ4n) is 5.21. The predicted octanol–water partition coefficient (Wildman–Crippen LogP) is 5.64. The van der Waals surface area contributed by atoms with E-state index in [1.807, 2.05) is 54.6 Å². The van der Waals surface area contributed by atoms with E-state index < -0.39 is 17.3 Å². The van der Waals surface area contributed by atoms with Crippen molar-refractivity contribution in [1.29, 1.82) is 0 Å². The van der Waals surface area contributed by atoms with Crippen molar-refractivity contribution in [3.63, 3.8) is 0 Å². The molecular formula is C25H23BrClNO3S. The molecule has 5 unspecified atom stereocenters. The van der Waals surface area contributed by atoms with Gasteiger partial charge in [-0.25, -0.2) is 0 Å². The van der Waals surface area contributed by atoms with Gasteiger partial charge in [0.25, 0.3) is 0 Å². The summed E-state index contributed by atoms with van der Waals surface area (Å²) in [5.74, 6) is 0.939. The number of aliphatic hydroxyl groups is 2. The summed E-state index contributed by atoms with van der Waals surface area (Å²) in [7, 11) is 0. The molecule has 0 amide bonds. The van der Waals surface area contributed by atoms with Crippen molar-refractivity contribution in [2.45, 2.75) is 41.8 Å². The highest BCUT2D eigenvalue weighted by Gasteiger charge is 2.76. The van der Waals surface area contributed by atoms with Crippen molar-refractivity contribution >= 4 is 39.3 Å². The number of rotatable bonds is 5. The van der Waals surface area contributed by atoms with Crippen LogP contribution >= 0.6 is 39.3 Å². The number of halogens is 2. The first kappa shape index (κ1) is 22.2. The van der Waals surface area contributed by atoms with E-state index in [0.717, 1.165) is 27.8 Å². The van der Waals surface area contributed by atoms with E-state index >= 15 is 0 Å². The molecule has 1 fully saturated rings. The lowest BCUT2D eigenvalue weighted by atomic mass is 9.72. The van der Waals surface area contributed by atoms with Crippen LogP contribution in [0.1, 0.15) is 36.1 Å². The van der Waals surface area contributed by atoms with Crippen LogP contribution in [0.3, 0.4) is 0 Å². The molecule has 2 aliphatic rings. The Kier molecular flexibility index (Phi) is 5.79. The van der Waals surface area contributed by atoms with Gasteiger partial charge in [-0.1, -0.05) is 76.9 Å². The van der Waals surface area contributed by atoms with Crippen LogP contribution in [0.4, 0.5) is 0 Å². The van der Waals surface area contributed by atoms with E-state index in [9.17, 15) is 10.2 Å². The number of aromatic nitrogens is 1. The smallest absolute Gasteiger partial charge is 0.182 e. The molecule has 0 bridgehead atoms. The molecule has 3 aromatic rings. The van der Waals surface area contributed by atoms with Gasteiger partial charge in [-0.2, -0.15) is 11.8 Å². The maximum atomic E-state index is 12.4. The lowest BCUT2D eigenvalue weighted by Crippen LogP contribution is -2.52. The molecule has 1 saturated carbocycles. The zero-order chi connectivity index (χ0) is 22.5. The Labute approximate surface area is 205 Å². The van der Waals surface area contributed by atoms with Gasteiger partial charge in [0, 0.05) is 27.9 Å². The van der Waals surface area contributed by atoms with E-state index in [-0.39, 0.29) is 11.2 Å². The fraction of sp³-hybridized carbons (Fsp3) is 0.320. The second kappa shape index (κ2) is 8.33. The molecule has 166 valence electrons. The Morgan fingerprint density at radius 2 is 1.88 bits per heavy atom. The summed E-state index contributed by atoms with van der Waals surface area (Å²) >= 11 is 11.4. The standard InChI is InChI=1S/C25H23BrClNO3S/c1-2-12-32-21-20(15-6-4-3-5-7-15)25(16-8-10-17(26)11-9-16)24(30,23(21)29)22-19(31-25)13-18(27)14-28-22/h3-11,13-14,20-21,23,29-30H,2,12H2,1H3. The molecule has 1 aliphatic carbocycles. The zero-order valence-corrected chi connectivity index (χ0v) is 20.6. The van der Waals surface area contributed by atoms with Gasteiger partial charge in [0.15, 0.2) is 11.2 Å². The second-order valence-corrected chi connectivity index (χ2v) is 10.9. The SMILES string of the molecule is CCCSC1C(O)C2(O)c3ncc(Cl)cc3OC2(c2ccc(Br)cc2)C1c1ccccc1. The number of thioether (sulfide) groups is 1. The number of aliphatic hydroxyl groups excluding tert-OH is 1. The molecule has 0 spiro atoms. The molecule has 4 nitrogen and oxygen atoms in total. The van der Waals surface area contributed by atoms with Crippen molar-refractivity contribution < 1.29 is 14.9 Å². The van der Waals surface area contributed by atoms with Crippen LogP contribution in [0.5, 0.6) is 5.75 Å². The monoisotopic (exact) mass is 531 g/mol. The third-order valence-corrected chi connectivity index (χ3v) is 8.76. The average molecular weight is 533 g/mol. The summed E-state index contributed by atoms with van der Waals surface area (Å²) in [6, 6.07) is 19.4. The van der Waals surface area contributed by atoms with Crippen LogP contribution < -0.4 is 4.74 Å². The first-order valence-electron chi connectivity index (χ1n) is 10.6. The molecular weight excluding hydrogens is 510 g/mol. The van der Waals surface area contributed by atoms with Gasteiger partial charge in [0.2, 0.25) is 0 Å². The van der Waals surface area contributed by atoms with Crippen molar-refractivity contribution in [3.05, 3.63) is 93.2 Å².